The summed E-state index contributed by atoms with van der Waals surface area (Å²) >= 11 is 0. The molecule has 33 heavy (non-hydrogen) atoms. The van der Waals surface area contributed by atoms with Gasteiger partial charge in [0.05, 0.1) is 0 Å². The van der Waals surface area contributed by atoms with E-state index in [1.54, 1.807) is 10.9 Å². The average molecular weight is 448 g/mol. The van der Waals surface area contributed by atoms with Crippen molar-refractivity contribution < 1.29 is 9.59 Å². The zero-order valence-corrected chi connectivity index (χ0v) is 19.2. The Morgan fingerprint density at radius 2 is 1.73 bits per heavy atom. The predicted octanol–water partition coefficient (Wildman–Crippen LogP) is 2.37. The van der Waals surface area contributed by atoms with Gasteiger partial charge in [-0.3, -0.25) is 19.2 Å². The number of hydrogen-bond donors (Lipinski definition) is 0. The highest BCUT2D eigenvalue weighted by Crippen LogP contribution is 2.60. The number of hydrogen-bond acceptors (Lipinski definition) is 4. The van der Waals surface area contributed by atoms with E-state index in [-0.39, 0.29) is 17.2 Å². The number of rotatable bonds is 6. The third kappa shape index (κ3) is 5.03. The Hall–Kier alpha value is -2.93. The SMILES string of the molecule is O=C(Cn1cccn1)N1CCC2(CC1)C[C@@H]2C(=O)N1CCN(C/C=C/c2ccccc2)CC1. The first-order valence-electron chi connectivity index (χ1n) is 12.1. The summed E-state index contributed by atoms with van der Waals surface area (Å²) in [6.45, 7) is 6.23. The lowest BCUT2D eigenvalue weighted by Gasteiger charge is -2.36. The smallest absolute Gasteiger partial charge is 0.244 e. The molecule has 0 unspecified atom stereocenters. The van der Waals surface area contributed by atoms with Gasteiger partial charge in [-0.05, 0) is 36.3 Å². The van der Waals surface area contributed by atoms with Crippen molar-refractivity contribution in [3.63, 3.8) is 0 Å². The van der Waals surface area contributed by atoms with E-state index in [0.717, 1.165) is 65.1 Å². The molecule has 1 aromatic carbocycles. The van der Waals surface area contributed by atoms with Gasteiger partial charge in [0.25, 0.3) is 0 Å². The molecule has 3 heterocycles. The van der Waals surface area contributed by atoms with Gasteiger partial charge >= 0.3 is 0 Å². The van der Waals surface area contributed by atoms with E-state index in [0.29, 0.717) is 12.5 Å². The number of benzene rings is 1. The fraction of sp³-hybridized carbons (Fsp3) is 0.500. The second-order valence-corrected chi connectivity index (χ2v) is 9.64. The Bertz CT molecular complexity index is 971. The van der Waals surface area contributed by atoms with E-state index in [1.807, 2.05) is 23.2 Å². The zero-order chi connectivity index (χ0) is 22.7. The molecule has 2 aromatic rings. The molecule has 3 fully saturated rings. The minimum absolute atomic E-state index is 0.120. The number of nitrogens with zero attached hydrogens (tertiary/aromatic N) is 5. The molecule has 1 saturated carbocycles. The molecule has 0 radical (unpaired) electrons. The van der Waals surface area contributed by atoms with Crippen LogP contribution in [0.15, 0.2) is 54.9 Å². The maximum atomic E-state index is 13.2. The quantitative estimate of drug-likeness (QED) is 0.682. The number of piperidine rings is 1. The molecule has 1 atom stereocenters. The van der Waals surface area contributed by atoms with Crippen molar-refractivity contribution in [3.05, 3.63) is 60.4 Å². The maximum Gasteiger partial charge on any atom is 0.244 e. The number of carbonyl (C=O) groups excluding carboxylic acids is 2. The second-order valence-electron chi connectivity index (χ2n) is 9.64. The largest absolute Gasteiger partial charge is 0.341 e. The Labute approximate surface area is 195 Å². The summed E-state index contributed by atoms with van der Waals surface area (Å²) in [7, 11) is 0. The zero-order valence-electron chi connectivity index (χ0n) is 19.2. The van der Waals surface area contributed by atoms with Gasteiger partial charge in [-0.15, -0.1) is 0 Å². The van der Waals surface area contributed by atoms with Crippen molar-refractivity contribution in [1.82, 2.24) is 24.5 Å². The molecule has 2 aliphatic heterocycles. The lowest BCUT2D eigenvalue weighted by atomic mass is 9.90. The van der Waals surface area contributed by atoms with Crippen molar-refractivity contribution in [2.75, 3.05) is 45.8 Å². The van der Waals surface area contributed by atoms with Crippen LogP contribution in [-0.2, 0) is 16.1 Å². The maximum absolute atomic E-state index is 13.2. The van der Waals surface area contributed by atoms with Gasteiger partial charge in [-0.2, -0.15) is 5.10 Å². The molecule has 1 aliphatic carbocycles. The molecule has 3 aliphatic rings. The summed E-state index contributed by atoms with van der Waals surface area (Å²) in [6.07, 6.45) is 10.8. The third-order valence-corrected chi connectivity index (χ3v) is 7.61. The van der Waals surface area contributed by atoms with E-state index in [1.165, 1.54) is 5.56 Å². The molecule has 1 spiro atoms. The van der Waals surface area contributed by atoms with Crippen molar-refractivity contribution >= 4 is 17.9 Å². The van der Waals surface area contributed by atoms with Crippen LogP contribution in [0.3, 0.4) is 0 Å². The van der Waals surface area contributed by atoms with E-state index < -0.39 is 0 Å². The van der Waals surface area contributed by atoms with Gasteiger partial charge in [0, 0.05) is 64.1 Å². The van der Waals surface area contributed by atoms with Crippen molar-refractivity contribution in [2.24, 2.45) is 11.3 Å². The van der Waals surface area contributed by atoms with Crippen LogP contribution in [0, 0.1) is 11.3 Å². The van der Waals surface area contributed by atoms with Crippen LogP contribution in [0.2, 0.25) is 0 Å². The van der Waals surface area contributed by atoms with Crippen LogP contribution in [0.1, 0.15) is 24.8 Å². The number of carbonyl (C=O) groups is 2. The lowest BCUT2D eigenvalue weighted by Crippen LogP contribution is -2.49. The minimum atomic E-state index is 0.120. The Kier molecular flexibility index (Phi) is 6.31. The summed E-state index contributed by atoms with van der Waals surface area (Å²) in [4.78, 5) is 32.1. The standard InChI is InChI=1S/C26H33N5O2/c32-24(21-31-13-5-11-27-31)29-14-9-26(10-15-29)20-23(26)25(33)30-18-16-28(17-19-30)12-4-8-22-6-2-1-3-7-22/h1-8,11,13,23H,9-10,12,14-21H2/b8-4+/t23-/m1/s1. The van der Waals surface area contributed by atoms with Crippen LogP contribution in [0.5, 0.6) is 0 Å². The van der Waals surface area contributed by atoms with Crippen LogP contribution < -0.4 is 0 Å². The van der Waals surface area contributed by atoms with E-state index in [2.05, 4.69) is 51.3 Å². The molecule has 1 aromatic heterocycles. The van der Waals surface area contributed by atoms with Gasteiger partial charge < -0.3 is 9.80 Å². The third-order valence-electron chi connectivity index (χ3n) is 7.61. The molecule has 174 valence electrons. The highest BCUT2D eigenvalue weighted by Gasteiger charge is 2.59. The minimum Gasteiger partial charge on any atom is -0.341 e. The monoisotopic (exact) mass is 447 g/mol. The molecule has 0 bridgehead atoms. The van der Waals surface area contributed by atoms with Gasteiger partial charge in [-0.1, -0.05) is 42.5 Å². The molecule has 7 heteroatoms. The molecule has 2 amide bonds. The highest BCUT2D eigenvalue weighted by molar-refractivity contribution is 5.83. The van der Waals surface area contributed by atoms with Crippen LogP contribution in [0.4, 0.5) is 0 Å². The summed E-state index contributed by atoms with van der Waals surface area (Å²) in [5, 5.41) is 4.13. The molecule has 0 N–H and O–H groups in total. The first kappa shape index (κ1) is 21.9. The Balaban J connectivity index is 1.04. The van der Waals surface area contributed by atoms with Gasteiger partial charge in [0.2, 0.25) is 11.8 Å². The summed E-state index contributed by atoms with van der Waals surface area (Å²) in [6, 6.07) is 12.2. The molecular weight excluding hydrogens is 414 g/mol. The summed E-state index contributed by atoms with van der Waals surface area (Å²) in [5.41, 5.74) is 1.36. The second kappa shape index (κ2) is 9.51. The Morgan fingerprint density at radius 1 is 0.970 bits per heavy atom. The molecule has 7 nitrogen and oxygen atoms in total. The van der Waals surface area contributed by atoms with Crippen molar-refractivity contribution in [3.8, 4) is 0 Å². The lowest BCUT2D eigenvalue weighted by molar-refractivity contribution is -0.136. The molecule has 2 saturated heterocycles. The normalized spacial score (nSPS) is 22.7. The topological polar surface area (TPSA) is 61.7 Å². The van der Waals surface area contributed by atoms with Gasteiger partial charge in [0.15, 0.2) is 0 Å². The highest BCUT2D eigenvalue weighted by atomic mass is 16.2. The fourth-order valence-corrected chi connectivity index (χ4v) is 5.36. The number of amides is 2. The number of likely N-dealkylation sites (tertiary alicyclic amines) is 1. The average Bonchev–Trinajstić information content (AvgIpc) is 3.28. The summed E-state index contributed by atoms with van der Waals surface area (Å²) in [5.74, 6) is 0.616. The predicted molar refractivity (Wildman–Crippen MR) is 127 cm³/mol. The van der Waals surface area contributed by atoms with Gasteiger partial charge in [-0.25, -0.2) is 0 Å². The van der Waals surface area contributed by atoms with Gasteiger partial charge in [0.1, 0.15) is 6.54 Å². The van der Waals surface area contributed by atoms with E-state index in [4.69, 9.17) is 0 Å². The summed E-state index contributed by atoms with van der Waals surface area (Å²) < 4.78 is 1.67. The van der Waals surface area contributed by atoms with Crippen molar-refractivity contribution in [2.45, 2.75) is 25.8 Å². The van der Waals surface area contributed by atoms with Crippen LogP contribution in [-0.4, -0.2) is 82.1 Å². The van der Waals surface area contributed by atoms with Crippen LogP contribution in [0.25, 0.3) is 6.08 Å². The Morgan fingerprint density at radius 3 is 2.42 bits per heavy atom. The number of piperazine rings is 1. The van der Waals surface area contributed by atoms with Crippen molar-refractivity contribution in [1.29, 1.82) is 0 Å². The fourth-order valence-electron chi connectivity index (χ4n) is 5.36. The molecule has 5 rings (SSSR count). The first-order chi connectivity index (χ1) is 16.1. The first-order valence-corrected chi connectivity index (χ1v) is 12.1. The molecular formula is C26H33N5O2. The van der Waals surface area contributed by atoms with Crippen LogP contribution >= 0.6 is 0 Å². The van der Waals surface area contributed by atoms with E-state index >= 15 is 0 Å². The van der Waals surface area contributed by atoms with E-state index in [9.17, 15) is 9.59 Å². The number of aromatic nitrogens is 2.